The van der Waals surface area contributed by atoms with Gasteiger partial charge in [-0.25, -0.2) is 0 Å². The number of amides is 2. The van der Waals surface area contributed by atoms with Crippen LogP contribution >= 0.6 is 0 Å². The molecule has 20 heavy (non-hydrogen) atoms. The SMILES string of the molecule is CCc1ccccc1NC(=O)CNC(=O)C1CCCN1. The zero-order chi connectivity index (χ0) is 14.4. The van der Waals surface area contributed by atoms with Crippen LogP contribution in [0.5, 0.6) is 0 Å². The average molecular weight is 275 g/mol. The number of benzene rings is 1. The van der Waals surface area contributed by atoms with Crippen LogP contribution in [0.25, 0.3) is 0 Å². The number of nitrogens with one attached hydrogen (secondary N) is 3. The second-order valence-corrected chi connectivity index (χ2v) is 4.93. The van der Waals surface area contributed by atoms with Crippen LogP contribution in [-0.4, -0.2) is 30.9 Å². The molecular formula is C15H21N3O2. The van der Waals surface area contributed by atoms with Crippen molar-refractivity contribution in [2.24, 2.45) is 0 Å². The summed E-state index contributed by atoms with van der Waals surface area (Å²) in [6.45, 7) is 2.92. The second kappa shape index (κ2) is 7.05. The van der Waals surface area contributed by atoms with Crippen molar-refractivity contribution in [3.05, 3.63) is 29.8 Å². The highest BCUT2D eigenvalue weighted by atomic mass is 16.2. The van der Waals surface area contributed by atoms with Gasteiger partial charge in [-0.1, -0.05) is 25.1 Å². The first-order valence-electron chi connectivity index (χ1n) is 7.09. The summed E-state index contributed by atoms with van der Waals surface area (Å²) in [7, 11) is 0. The number of anilines is 1. The van der Waals surface area contributed by atoms with Crippen LogP contribution in [0, 0.1) is 0 Å². The van der Waals surface area contributed by atoms with E-state index in [1.165, 1.54) is 0 Å². The van der Waals surface area contributed by atoms with Gasteiger partial charge in [0.25, 0.3) is 0 Å². The van der Waals surface area contributed by atoms with E-state index in [2.05, 4.69) is 16.0 Å². The molecule has 0 radical (unpaired) electrons. The van der Waals surface area contributed by atoms with Gasteiger partial charge in [-0.3, -0.25) is 9.59 Å². The Morgan fingerprint density at radius 1 is 1.35 bits per heavy atom. The molecule has 108 valence electrons. The highest BCUT2D eigenvalue weighted by Gasteiger charge is 2.22. The van der Waals surface area contributed by atoms with E-state index in [0.29, 0.717) is 0 Å². The van der Waals surface area contributed by atoms with Crippen molar-refractivity contribution in [2.75, 3.05) is 18.4 Å². The van der Waals surface area contributed by atoms with E-state index in [9.17, 15) is 9.59 Å². The zero-order valence-electron chi connectivity index (χ0n) is 11.7. The van der Waals surface area contributed by atoms with Gasteiger partial charge in [-0.05, 0) is 37.4 Å². The lowest BCUT2D eigenvalue weighted by molar-refractivity contribution is -0.125. The van der Waals surface area contributed by atoms with Crippen molar-refractivity contribution in [1.82, 2.24) is 10.6 Å². The molecule has 1 heterocycles. The summed E-state index contributed by atoms with van der Waals surface area (Å²) in [5.41, 5.74) is 1.90. The zero-order valence-corrected chi connectivity index (χ0v) is 11.7. The van der Waals surface area contributed by atoms with Crippen LogP contribution in [0.2, 0.25) is 0 Å². The summed E-state index contributed by atoms with van der Waals surface area (Å²) in [5.74, 6) is -0.293. The number of carbonyl (C=O) groups is 2. The minimum absolute atomic E-state index is 0.00899. The number of carbonyl (C=O) groups excluding carboxylic acids is 2. The molecule has 0 saturated carbocycles. The van der Waals surface area contributed by atoms with E-state index in [-0.39, 0.29) is 24.4 Å². The van der Waals surface area contributed by atoms with Crippen molar-refractivity contribution >= 4 is 17.5 Å². The number of hydrogen-bond donors (Lipinski definition) is 3. The second-order valence-electron chi connectivity index (χ2n) is 4.93. The van der Waals surface area contributed by atoms with Crippen LogP contribution in [0.4, 0.5) is 5.69 Å². The Labute approximate surface area is 119 Å². The van der Waals surface area contributed by atoms with E-state index >= 15 is 0 Å². The molecule has 1 saturated heterocycles. The minimum Gasteiger partial charge on any atom is -0.346 e. The maximum atomic E-state index is 11.9. The first-order valence-corrected chi connectivity index (χ1v) is 7.09. The van der Waals surface area contributed by atoms with Crippen molar-refractivity contribution in [1.29, 1.82) is 0 Å². The third-order valence-corrected chi connectivity index (χ3v) is 3.47. The van der Waals surface area contributed by atoms with Crippen LogP contribution in [0.15, 0.2) is 24.3 Å². The molecular weight excluding hydrogens is 254 g/mol. The summed E-state index contributed by atoms with van der Waals surface area (Å²) < 4.78 is 0. The molecule has 0 bridgehead atoms. The predicted octanol–water partition coefficient (Wildman–Crippen LogP) is 1.06. The summed E-state index contributed by atoms with van der Waals surface area (Å²) in [6, 6.07) is 7.54. The Bertz CT molecular complexity index is 482. The average Bonchev–Trinajstić information content (AvgIpc) is 2.99. The Hall–Kier alpha value is -1.88. The maximum Gasteiger partial charge on any atom is 0.243 e. The van der Waals surface area contributed by atoms with E-state index in [0.717, 1.165) is 37.1 Å². The summed E-state index contributed by atoms with van der Waals surface area (Å²) in [4.78, 5) is 23.6. The quantitative estimate of drug-likeness (QED) is 0.752. The highest BCUT2D eigenvalue weighted by molar-refractivity contribution is 5.95. The molecule has 2 amide bonds. The minimum atomic E-state index is -0.197. The molecule has 1 aromatic rings. The van der Waals surface area contributed by atoms with Crippen molar-refractivity contribution in [3.63, 3.8) is 0 Å². The monoisotopic (exact) mass is 275 g/mol. The fourth-order valence-electron chi connectivity index (χ4n) is 2.34. The molecule has 1 unspecified atom stereocenters. The molecule has 1 aliphatic rings. The molecule has 5 heteroatoms. The van der Waals surface area contributed by atoms with Gasteiger partial charge in [-0.2, -0.15) is 0 Å². The first kappa shape index (κ1) is 14.5. The van der Waals surface area contributed by atoms with E-state index in [1.807, 2.05) is 31.2 Å². The van der Waals surface area contributed by atoms with Gasteiger partial charge in [0.05, 0.1) is 12.6 Å². The standard InChI is InChI=1S/C15H21N3O2/c1-2-11-6-3-4-7-12(11)18-14(19)10-17-15(20)13-8-5-9-16-13/h3-4,6-7,13,16H,2,5,8-10H2,1H3,(H,17,20)(H,18,19). The first-order chi connectivity index (χ1) is 9.70. The van der Waals surface area contributed by atoms with Gasteiger partial charge in [0.1, 0.15) is 0 Å². The number of hydrogen-bond acceptors (Lipinski definition) is 3. The van der Waals surface area contributed by atoms with Gasteiger partial charge < -0.3 is 16.0 Å². The summed E-state index contributed by atoms with van der Waals surface area (Å²) in [5, 5.41) is 8.61. The molecule has 1 fully saturated rings. The maximum absolute atomic E-state index is 11.9. The van der Waals surface area contributed by atoms with Gasteiger partial charge in [0.15, 0.2) is 0 Å². The normalized spacial score (nSPS) is 17.8. The fraction of sp³-hybridized carbons (Fsp3) is 0.467. The Balaban J connectivity index is 1.81. The topological polar surface area (TPSA) is 70.2 Å². The van der Waals surface area contributed by atoms with Gasteiger partial charge >= 0.3 is 0 Å². The Morgan fingerprint density at radius 3 is 2.85 bits per heavy atom. The molecule has 5 nitrogen and oxygen atoms in total. The smallest absolute Gasteiger partial charge is 0.243 e. The van der Waals surface area contributed by atoms with Crippen LogP contribution in [0.1, 0.15) is 25.3 Å². The summed E-state index contributed by atoms with van der Waals surface area (Å²) in [6.07, 6.45) is 2.70. The molecule has 0 spiro atoms. The largest absolute Gasteiger partial charge is 0.346 e. The van der Waals surface area contributed by atoms with Gasteiger partial charge in [-0.15, -0.1) is 0 Å². The molecule has 3 N–H and O–H groups in total. The number of aryl methyl sites for hydroxylation is 1. The van der Waals surface area contributed by atoms with E-state index < -0.39 is 0 Å². The fourth-order valence-corrected chi connectivity index (χ4v) is 2.34. The van der Waals surface area contributed by atoms with Crippen molar-refractivity contribution < 1.29 is 9.59 Å². The van der Waals surface area contributed by atoms with Crippen molar-refractivity contribution in [2.45, 2.75) is 32.2 Å². The molecule has 2 rings (SSSR count). The molecule has 1 aromatic carbocycles. The van der Waals surface area contributed by atoms with E-state index in [1.54, 1.807) is 0 Å². The predicted molar refractivity (Wildman–Crippen MR) is 78.5 cm³/mol. The molecule has 1 aliphatic heterocycles. The van der Waals surface area contributed by atoms with Gasteiger partial charge in [0, 0.05) is 5.69 Å². The molecule has 0 aromatic heterocycles. The summed E-state index contributed by atoms with van der Waals surface area (Å²) >= 11 is 0. The number of para-hydroxylation sites is 1. The molecule has 1 atom stereocenters. The lowest BCUT2D eigenvalue weighted by Crippen LogP contribution is -2.43. The van der Waals surface area contributed by atoms with Crippen LogP contribution < -0.4 is 16.0 Å². The lowest BCUT2D eigenvalue weighted by Gasteiger charge is -2.12. The highest BCUT2D eigenvalue weighted by Crippen LogP contribution is 2.14. The third kappa shape index (κ3) is 3.81. The van der Waals surface area contributed by atoms with E-state index in [4.69, 9.17) is 0 Å². The Morgan fingerprint density at radius 2 is 2.15 bits per heavy atom. The van der Waals surface area contributed by atoms with Crippen molar-refractivity contribution in [3.8, 4) is 0 Å². The Kier molecular flexibility index (Phi) is 5.12. The lowest BCUT2D eigenvalue weighted by atomic mass is 10.1. The number of rotatable bonds is 5. The van der Waals surface area contributed by atoms with Crippen LogP contribution in [0.3, 0.4) is 0 Å². The third-order valence-electron chi connectivity index (χ3n) is 3.47. The molecule has 0 aliphatic carbocycles. The van der Waals surface area contributed by atoms with Crippen LogP contribution in [-0.2, 0) is 16.0 Å². The van der Waals surface area contributed by atoms with Gasteiger partial charge in [0.2, 0.25) is 11.8 Å².